The molecule has 0 spiro atoms. The topological polar surface area (TPSA) is 23.5 Å². The van der Waals surface area contributed by atoms with Crippen LogP contribution >= 0.6 is 27.3 Å². The van der Waals surface area contributed by atoms with E-state index in [1.54, 1.807) is 11.3 Å². The van der Waals surface area contributed by atoms with Gasteiger partial charge in [-0.3, -0.25) is 4.90 Å². The molecule has 2 nitrogen and oxygen atoms in total. The van der Waals surface area contributed by atoms with Crippen LogP contribution in [0.25, 0.3) is 0 Å². The summed E-state index contributed by atoms with van der Waals surface area (Å²) in [6.45, 7) is 5.21. The van der Waals surface area contributed by atoms with Gasteiger partial charge in [-0.25, -0.2) is 0 Å². The van der Waals surface area contributed by atoms with Gasteiger partial charge in [-0.1, -0.05) is 0 Å². The molecule has 1 N–H and O–H groups in total. The quantitative estimate of drug-likeness (QED) is 0.915. The number of rotatable bonds is 4. The zero-order chi connectivity index (χ0) is 10.8. The van der Waals surface area contributed by atoms with Crippen molar-refractivity contribution in [1.29, 1.82) is 0 Å². The molecule has 0 aromatic carbocycles. The molecule has 0 amide bonds. The molecule has 0 saturated heterocycles. The minimum atomic E-state index is -0.627. The highest BCUT2D eigenvalue weighted by atomic mass is 79.9. The van der Waals surface area contributed by atoms with Crippen LogP contribution in [0.5, 0.6) is 0 Å². The third-order valence-electron chi connectivity index (χ3n) is 1.76. The molecule has 0 unspecified atom stereocenters. The maximum atomic E-state index is 9.64. The average molecular weight is 278 g/mol. The van der Waals surface area contributed by atoms with Gasteiger partial charge >= 0.3 is 0 Å². The Morgan fingerprint density at radius 2 is 2.21 bits per heavy atom. The normalized spacial score (nSPS) is 12.4. The average Bonchev–Trinajstić information content (AvgIpc) is 2.32. The summed E-state index contributed by atoms with van der Waals surface area (Å²) in [5.41, 5.74) is -0.627. The second-order valence-electron chi connectivity index (χ2n) is 4.18. The summed E-state index contributed by atoms with van der Waals surface area (Å²) in [5, 5.41) is 11.7. The summed E-state index contributed by atoms with van der Waals surface area (Å²) < 4.78 is 1.16. The highest BCUT2D eigenvalue weighted by molar-refractivity contribution is 9.10. The van der Waals surface area contributed by atoms with E-state index in [2.05, 4.69) is 32.3 Å². The summed E-state index contributed by atoms with van der Waals surface area (Å²) in [5.74, 6) is 0. The minimum Gasteiger partial charge on any atom is -0.389 e. The van der Waals surface area contributed by atoms with Crippen molar-refractivity contribution in [3.63, 3.8) is 0 Å². The van der Waals surface area contributed by atoms with Crippen molar-refractivity contribution < 1.29 is 5.11 Å². The lowest BCUT2D eigenvalue weighted by Gasteiger charge is -2.25. The number of hydrogen-bond donors (Lipinski definition) is 1. The number of hydrogen-bond acceptors (Lipinski definition) is 3. The van der Waals surface area contributed by atoms with Gasteiger partial charge < -0.3 is 5.11 Å². The fourth-order valence-electron chi connectivity index (χ4n) is 1.40. The highest BCUT2D eigenvalue weighted by Gasteiger charge is 2.16. The molecule has 0 bridgehead atoms. The molecule has 0 aliphatic rings. The van der Waals surface area contributed by atoms with Gasteiger partial charge in [-0.2, -0.15) is 0 Å². The first kappa shape index (κ1) is 12.2. The Labute approximate surface area is 97.7 Å². The lowest BCUT2D eigenvalue weighted by Crippen LogP contribution is -2.35. The third-order valence-corrected chi connectivity index (χ3v) is 3.67. The fourth-order valence-corrected chi connectivity index (χ4v) is 2.96. The second kappa shape index (κ2) is 4.75. The molecule has 0 radical (unpaired) electrons. The van der Waals surface area contributed by atoms with E-state index in [4.69, 9.17) is 0 Å². The summed E-state index contributed by atoms with van der Waals surface area (Å²) in [6, 6.07) is 2.05. The summed E-state index contributed by atoms with van der Waals surface area (Å²) in [7, 11) is 2.02. The van der Waals surface area contributed by atoms with Crippen LogP contribution < -0.4 is 0 Å². The highest BCUT2D eigenvalue weighted by Crippen LogP contribution is 2.24. The first-order valence-corrected chi connectivity index (χ1v) is 6.18. The molecule has 14 heavy (non-hydrogen) atoms. The van der Waals surface area contributed by atoms with Crippen LogP contribution in [0.4, 0.5) is 0 Å². The number of nitrogens with zero attached hydrogens (tertiary/aromatic N) is 1. The predicted molar refractivity (Wildman–Crippen MR) is 64.7 cm³/mol. The van der Waals surface area contributed by atoms with E-state index in [1.165, 1.54) is 4.88 Å². The van der Waals surface area contributed by atoms with Crippen molar-refractivity contribution in [2.75, 3.05) is 13.6 Å². The maximum Gasteiger partial charge on any atom is 0.0718 e. The van der Waals surface area contributed by atoms with Crippen LogP contribution in [0.1, 0.15) is 18.7 Å². The summed E-state index contributed by atoms with van der Waals surface area (Å²) >= 11 is 5.23. The van der Waals surface area contributed by atoms with Crippen LogP contribution in [0.3, 0.4) is 0 Å². The van der Waals surface area contributed by atoms with E-state index in [1.807, 2.05) is 20.9 Å². The van der Waals surface area contributed by atoms with Crippen LogP contribution in [0.15, 0.2) is 15.9 Å². The van der Waals surface area contributed by atoms with Gasteiger partial charge in [-0.15, -0.1) is 11.3 Å². The number of halogens is 1. The third kappa shape index (κ3) is 4.09. The van der Waals surface area contributed by atoms with Gasteiger partial charge in [0.15, 0.2) is 0 Å². The Morgan fingerprint density at radius 3 is 2.64 bits per heavy atom. The van der Waals surface area contributed by atoms with Crippen molar-refractivity contribution in [2.24, 2.45) is 0 Å². The van der Waals surface area contributed by atoms with Crippen molar-refractivity contribution in [3.8, 4) is 0 Å². The molecular formula is C10H16BrNOS. The van der Waals surface area contributed by atoms with Crippen molar-refractivity contribution >= 4 is 27.3 Å². The molecule has 0 aliphatic carbocycles. The van der Waals surface area contributed by atoms with Crippen LogP contribution in [-0.4, -0.2) is 29.2 Å². The van der Waals surface area contributed by atoms with Gasteiger partial charge in [0, 0.05) is 22.4 Å². The van der Waals surface area contributed by atoms with Crippen LogP contribution in [0.2, 0.25) is 0 Å². The Balaban J connectivity index is 2.50. The molecule has 0 saturated carbocycles. The van der Waals surface area contributed by atoms with Crippen molar-refractivity contribution in [2.45, 2.75) is 26.0 Å². The van der Waals surface area contributed by atoms with E-state index < -0.39 is 5.60 Å². The van der Waals surface area contributed by atoms with Crippen LogP contribution in [0, 0.1) is 0 Å². The molecule has 0 fully saturated rings. The van der Waals surface area contributed by atoms with Gasteiger partial charge in [0.05, 0.1) is 5.60 Å². The van der Waals surface area contributed by atoms with Crippen molar-refractivity contribution in [3.05, 3.63) is 20.8 Å². The number of aliphatic hydroxyl groups is 1. The molecule has 1 heterocycles. The minimum absolute atomic E-state index is 0.627. The molecule has 0 atom stereocenters. The Bertz CT molecular complexity index is 293. The van der Waals surface area contributed by atoms with Gasteiger partial charge in [0.2, 0.25) is 0 Å². The maximum absolute atomic E-state index is 9.64. The summed E-state index contributed by atoms with van der Waals surface area (Å²) in [4.78, 5) is 3.42. The first-order chi connectivity index (χ1) is 6.38. The van der Waals surface area contributed by atoms with Gasteiger partial charge in [0.25, 0.3) is 0 Å². The van der Waals surface area contributed by atoms with Crippen LogP contribution in [-0.2, 0) is 6.54 Å². The predicted octanol–water partition coefficient (Wildman–Crippen LogP) is 2.71. The molecule has 1 aromatic rings. The van der Waals surface area contributed by atoms with Gasteiger partial charge in [0.1, 0.15) is 0 Å². The zero-order valence-corrected chi connectivity index (χ0v) is 11.2. The van der Waals surface area contributed by atoms with E-state index >= 15 is 0 Å². The molecule has 4 heteroatoms. The smallest absolute Gasteiger partial charge is 0.0718 e. The molecule has 80 valence electrons. The summed E-state index contributed by atoms with van der Waals surface area (Å²) in [6.07, 6.45) is 0. The first-order valence-electron chi connectivity index (χ1n) is 4.51. The molecular weight excluding hydrogens is 262 g/mol. The standard InChI is InChI=1S/C10H16BrNOS/c1-10(2,13)7-12(3)6-9-8(11)4-5-14-9/h4-5,13H,6-7H2,1-3H3. The largest absolute Gasteiger partial charge is 0.389 e. The SMILES string of the molecule is CN(Cc1sccc1Br)CC(C)(C)O. The Hall–Kier alpha value is 0.1000. The molecule has 1 aromatic heterocycles. The van der Waals surface area contributed by atoms with Gasteiger partial charge in [-0.05, 0) is 48.3 Å². The fraction of sp³-hybridized carbons (Fsp3) is 0.600. The lowest BCUT2D eigenvalue weighted by molar-refractivity contribution is 0.0427. The Morgan fingerprint density at radius 1 is 1.57 bits per heavy atom. The van der Waals surface area contributed by atoms with E-state index in [0.29, 0.717) is 6.54 Å². The number of likely N-dealkylation sites (N-methyl/N-ethyl adjacent to an activating group) is 1. The molecule has 1 rings (SSSR count). The van der Waals surface area contributed by atoms with E-state index in [9.17, 15) is 5.11 Å². The second-order valence-corrected chi connectivity index (χ2v) is 6.03. The monoisotopic (exact) mass is 277 g/mol. The number of thiophene rings is 1. The van der Waals surface area contributed by atoms with E-state index in [0.717, 1.165) is 11.0 Å². The molecule has 0 aliphatic heterocycles. The lowest BCUT2D eigenvalue weighted by atomic mass is 10.1. The zero-order valence-electron chi connectivity index (χ0n) is 8.75. The Kier molecular flexibility index (Phi) is 4.13. The van der Waals surface area contributed by atoms with Crippen molar-refractivity contribution in [1.82, 2.24) is 4.90 Å². The van der Waals surface area contributed by atoms with E-state index in [-0.39, 0.29) is 0 Å².